The Kier molecular flexibility index (Phi) is 2.92. The summed E-state index contributed by atoms with van der Waals surface area (Å²) in [5.41, 5.74) is 4.15. The van der Waals surface area contributed by atoms with Gasteiger partial charge in [-0.25, -0.2) is 0 Å². The van der Waals surface area contributed by atoms with E-state index in [0.29, 0.717) is 0 Å². The maximum Gasteiger partial charge on any atom is 0.178 e. The van der Waals surface area contributed by atoms with Gasteiger partial charge in [0, 0.05) is 11.8 Å². The second-order valence-corrected chi connectivity index (χ2v) is 6.88. The predicted octanol–water partition coefficient (Wildman–Crippen LogP) is 4.54. The molecule has 0 aromatic heterocycles. The average Bonchev–Trinajstić information content (AvgIpc) is 3.32. The van der Waals surface area contributed by atoms with Crippen LogP contribution in [0.2, 0.25) is 0 Å². The van der Waals surface area contributed by atoms with Crippen molar-refractivity contribution in [2.75, 3.05) is 0 Å². The lowest BCUT2D eigenvalue weighted by Crippen LogP contribution is -2.28. The van der Waals surface area contributed by atoms with Crippen molar-refractivity contribution in [1.29, 1.82) is 5.26 Å². The Balaban J connectivity index is 1.83. The van der Waals surface area contributed by atoms with Crippen LogP contribution in [0.4, 0.5) is 0 Å². The van der Waals surface area contributed by atoms with Crippen molar-refractivity contribution >= 4 is 0 Å². The van der Waals surface area contributed by atoms with Gasteiger partial charge in [-0.05, 0) is 22.3 Å². The third-order valence-corrected chi connectivity index (χ3v) is 5.72. The Morgan fingerprint density at radius 1 is 0.760 bits per heavy atom. The molecule has 2 aliphatic rings. The second-order valence-electron chi connectivity index (χ2n) is 6.88. The minimum atomic E-state index is -0.475. The van der Waals surface area contributed by atoms with E-state index >= 15 is 0 Å². The summed E-state index contributed by atoms with van der Waals surface area (Å²) in [5, 5.41) is 9.49. The van der Waals surface area contributed by atoms with Crippen molar-refractivity contribution in [2.45, 2.75) is 23.5 Å². The number of epoxide rings is 1. The van der Waals surface area contributed by atoms with Gasteiger partial charge < -0.3 is 4.74 Å². The zero-order chi connectivity index (χ0) is 16.9. The van der Waals surface area contributed by atoms with Crippen molar-refractivity contribution in [1.82, 2.24) is 0 Å². The number of hydrogen-bond acceptors (Lipinski definition) is 2. The van der Waals surface area contributed by atoms with E-state index < -0.39 is 5.60 Å². The fourth-order valence-corrected chi connectivity index (χ4v) is 4.58. The van der Waals surface area contributed by atoms with Crippen LogP contribution in [0.3, 0.4) is 0 Å². The van der Waals surface area contributed by atoms with Gasteiger partial charge in [-0.15, -0.1) is 0 Å². The summed E-state index contributed by atoms with van der Waals surface area (Å²) in [5.74, 6) is 0. The molecule has 0 radical (unpaired) electrons. The quantitative estimate of drug-likeness (QED) is 0.649. The first-order chi connectivity index (χ1) is 12.3. The molecule has 25 heavy (non-hydrogen) atoms. The van der Waals surface area contributed by atoms with Crippen LogP contribution >= 0.6 is 0 Å². The van der Waals surface area contributed by atoms with E-state index in [9.17, 15) is 5.26 Å². The molecule has 120 valence electrons. The van der Waals surface area contributed by atoms with Crippen LogP contribution in [0, 0.1) is 11.3 Å². The summed E-state index contributed by atoms with van der Waals surface area (Å²) in [7, 11) is 0. The fourth-order valence-electron chi connectivity index (χ4n) is 4.58. The number of fused-ring (bicyclic) bond motifs is 2. The van der Waals surface area contributed by atoms with E-state index in [0.717, 1.165) is 12.0 Å². The molecule has 3 aromatic carbocycles. The summed E-state index contributed by atoms with van der Waals surface area (Å²) >= 11 is 0. The largest absolute Gasteiger partial charge is 0.345 e. The number of rotatable bonds is 2. The topological polar surface area (TPSA) is 36.3 Å². The van der Waals surface area contributed by atoms with Crippen LogP contribution in [0.5, 0.6) is 0 Å². The standard InChI is InChI=1S/C23H17NO/c24-15-21-23(25-21)16-22(17-9-3-1-4-10-17,18-11-5-2-6-12-18)19-13-7-8-14-20(19)23/h1-14,21H,16H2. The highest BCUT2D eigenvalue weighted by Gasteiger charge is 2.68. The molecule has 1 spiro atoms. The first kappa shape index (κ1) is 14.5. The van der Waals surface area contributed by atoms with Gasteiger partial charge in [0.05, 0.1) is 6.07 Å². The van der Waals surface area contributed by atoms with Gasteiger partial charge in [-0.1, -0.05) is 84.9 Å². The van der Waals surface area contributed by atoms with Gasteiger partial charge in [0.25, 0.3) is 0 Å². The van der Waals surface area contributed by atoms with Gasteiger partial charge in [0.2, 0.25) is 0 Å². The minimum absolute atomic E-state index is 0.287. The van der Waals surface area contributed by atoms with Gasteiger partial charge in [-0.2, -0.15) is 5.26 Å². The molecule has 2 nitrogen and oxygen atoms in total. The number of nitriles is 1. The van der Waals surface area contributed by atoms with Crippen LogP contribution in [0.15, 0.2) is 84.9 Å². The number of ether oxygens (including phenoxy) is 1. The van der Waals surface area contributed by atoms with Crippen molar-refractivity contribution in [3.8, 4) is 6.07 Å². The Morgan fingerprint density at radius 3 is 1.80 bits per heavy atom. The Bertz CT molecular complexity index is 934. The second kappa shape index (κ2) is 5.05. The summed E-state index contributed by atoms with van der Waals surface area (Å²) in [6.45, 7) is 0. The maximum atomic E-state index is 9.49. The third kappa shape index (κ3) is 1.82. The molecular formula is C23H17NO. The highest BCUT2D eigenvalue weighted by molar-refractivity contribution is 5.61. The lowest BCUT2D eigenvalue weighted by atomic mass is 9.70. The van der Waals surface area contributed by atoms with Gasteiger partial charge >= 0.3 is 0 Å². The van der Waals surface area contributed by atoms with E-state index in [4.69, 9.17) is 4.74 Å². The first-order valence-electron chi connectivity index (χ1n) is 8.60. The van der Waals surface area contributed by atoms with Gasteiger partial charge in [0.1, 0.15) is 5.60 Å². The minimum Gasteiger partial charge on any atom is -0.345 e. The van der Waals surface area contributed by atoms with Crippen molar-refractivity contribution in [3.05, 3.63) is 107 Å². The molecule has 2 heteroatoms. The van der Waals surface area contributed by atoms with Gasteiger partial charge in [0.15, 0.2) is 6.10 Å². The van der Waals surface area contributed by atoms with E-state index in [1.165, 1.54) is 16.7 Å². The lowest BCUT2D eigenvalue weighted by Gasteiger charge is -2.32. The summed E-state index contributed by atoms with van der Waals surface area (Å²) in [6, 6.07) is 32.0. The smallest absolute Gasteiger partial charge is 0.178 e. The molecule has 5 rings (SSSR count). The first-order valence-corrected chi connectivity index (χ1v) is 8.60. The van der Waals surface area contributed by atoms with Crippen molar-refractivity contribution in [2.24, 2.45) is 0 Å². The van der Waals surface area contributed by atoms with Crippen LogP contribution in [0.1, 0.15) is 28.7 Å². The van der Waals surface area contributed by atoms with Crippen LogP contribution in [-0.4, -0.2) is 6.10 Å². The van der Waals surface area contributed by atoms with E-state index in [1.807, 2.05) is 18.2 Å². The number of benzene rings is 3. The molecule has 2 unspecified atom stereocenters. The molecule has 0 bridgehead atoms. The molecule has 1 heterocycles. The van der Waals surface area contributed by atoms with Crippen molar-refractivity contribution in [3.63, 3.8) is 0 Å². The highest BCUT2D eigenvalue weighted by Crippen LogP contribution is 2.64. The molecule has 1 fully saturated rings. The third-order valence-electron chi connectivity index (χ3n) is 5.72. The predicted molar refractivity (Wildman–Crippen MR) is 96.0 cm³/mol. The monoisotopic (exact) mass is 323 g/mol. The summed E-state index contributed by atoms with van der Waals surface area (Å²) in [4.78, 5) is 0. The summed E-state index contributed by atoms with van der Waals surface area (Å²) < 4.78 is 5.98. The Labute approximate surface area is 147 Å². The van der Waals surface area contributed by atoms with Crippen molar-refractivity contribution < 1.29 is 4.74 Å². The van der Waals surface area contributed by atoms with Crippen LogP contribution < -0.4 is 0 Å². The SMILES string of the molecule is N#CC1OC12CC(c1ccccc1)(c1ccccc1)c1ccccc12. The lowest BCUT2D eigenvalue weighted by molar-refractivity contribution is 0.284. The number of hydrogen-bond donors (Lipinski definition) is 0. The molecule has 1 aliphatic carbocycles. The molecule has 3 aromatic rings. The number of nitrogens with zero attached hydrogens (tertiary/aromatic N) is 1. The summed E-state index contributed by atoms with van der Waals surface area (Å²) in [6.07, 6.45) is 0.411. The molecular weight excluding hydrogens is 306 g/mol. The molecule has 1 aliphatic heterocycles. The molecule has 0 amide bonds. The van der Waals surface area contributed by atoms with E-state index in [-0.39, 0.29) is 11.5 Å². The molecule has 0 saturated carbocycles. The Morgan fingerprint density at radius 2 is 1.28 bits per heavy atom. The highest BCUT2D eigenvalue weighted by atomic mass is 16.6. The zero-order valence-corrected chi connectivity index (χ0v) is 13.7. The van der Waals surface area contributed by atoms with E-state index in [1.54, 1.807) is 0 Å². The molecule has 0 N–H and O–H groups in total. The van der Waals surface area contributed by atoms with Crippen LogP contribution in [-0.2, 0) is 15.8 Å². The van der Waals surface area contributed by atoms with Gasteiger partial charge in [-0.3, -0.25) is 0 Å². The average molecular weight is 323 g/mol. The normalized spacial score (nSPS) is 25.3. The maximum absolute atomic E-state index is 9.49. The molecule has 1 saturated heterocycles. The van der Waals surface area contributed by atoms with E-state index in [2.05, 4.69) is 72.8 Å². The zero-order valence-electron chi connectivity index (χ0n) is 13.7. The van der Waals surface area contributed by atoms with Crippen LogP contribution in [0.25, 0.3) is 0 Å². The molecule has 2 atom stereocenters. The Hall–Kier alpha value is -2.89. The fraction of sp³-hybridized carbons (Fsp3) is 0.174.